The standard InChI is InChI=1S/C11H17N/c1-4-10-6-5-7-11(8-10)9(2)12-3/h5-9,12H,4H2,1-3H3. The smallest absolute Gasteiger partial charge is 0.0289 e. The highest BCUT2D eigenvalue weighted by molar-refractivity contribution is 5.25. The van der Waals surface area contributed by atoms with Crippen LogP contribution in [0.1, 0.15) is 31.0 Å². The molecule has 0 aliphatic rings. The number of nitrogens with one attached hydrogen (secondary N) is 1. The molecule has 1 N–H and O–H groups in total. The van der Waals surface area contributed by atoms with Crippen LogP contribution in [-0.4, -0.2) is 7.05 Å². The molecule has 0 aliphatic heterocycles. The van der Waals surface area contributed by atoms with Gasteiger partial charge in [0.05, 0.1) is 0 Å². The predicted octanol–water partition coefficient (Wildman–Crippen LogP) is 2.53. The van der Waals surface area contributed by atoms with Gasteiger partial charge >= 0.3 is 0 Å². The van der Waals surface area contributed by atoms with E-state index >= 15 is 0 Å². The summed E-state index contributed by atoms with van der Waals surface area (Å²) in [6, 6.07) is 9.19. The van der Waals surface area contributed by atoms with Crippen molar-refractivity contribution in [2.45, 2.75) is 26.3 Å². The maximum Gasteiger partial charge on any atom is 0.0289 e. The van der Waals surface area contributed by atoms with Crippen molar-refractivity contribution in [3.05, 3.63) is 35.4 Å². The lowest BCUT2D eigenvalue weighted by molar-refractivity contribution is 0.651. The molecular formula is C11H17N. The van der Waals surface area contributed by atoms with Crippen LogP contribution < -0.4 is 5.32 Å². The Hall–Kier alpha value is -0.820. The third kappa shape index (κ3) is 2.08. The van der Waals surface area contributed by atoms with E-state index < -0.39 is 0 Å². The molecule has 1 atom stereocenters. The largest absolute Gasteiger partial charge is 0.313 e. The van der Waals surface area contributed by atoms with Gasteiger partial charge in [0.1, 0.15) is 0 Å². The van der Waals surface area contributed by atoms with Crippen LogP contribution in [0.5, 0.6) is 0 Å². The Kier molecular flexibility index (Phi) is 3.30. The molecule has 1 rings (SSSR count). The fraction of sp³-hybridized carbons (Fsp3) is 0.455. The van der Waals surface area contributed by atoms with Gasteiger partial charge in [-0.15, -0.1) is 0 Å². The minimum Gasteiger partial charge on any atom is -0.313 e. The molecule has 1 aromatic carbocycles. The van der Waals surface area contributed by atoms with Gasteiger partial charge in [0.25, 0.3) is 0 Å². The third-order valence-electron chi connectivity index (χ3n) is 2.29. The summed E-state index contributed by atoms with van der Waals surface area (Å²) in [6.45, 7) is 4.36. The summed E-state index contributed by atoms with van der Waals surface area (Å²) >= 11 is 0. The van der Waals surface area contributed by atoms with Crippen LogP contribution in [0.4, 0.5) is 0 Å². The van der Waals surface area contributed by atoms with Crippen molar-refractivity contribution in [1.82, 2.24) is 5.32 Å². The second-order valence-electron chi connectivity index (χ2n) is 3.11. The molecule has 0 radical (unpaired) electrons. The molecule has 0 bridgehead atoms. The van der Waals surface area contributed by atoms with Crippen LogP contribution in [0.25, 0.3) is 0 Å². The highest BCUT2D eigenvalue weighted by atomic mass is 14.8. The average Bonchev–Trinajstić information content (AvgIpc) is 2.17. The summed E-state index contributed by atoms with van der Waals surface area (Å²) in [5, 5.41) is 3.23. The van der Waals surface area contributed by atoms with Crippen molar-refractivity contribution in [2.24, 2.45) is 0 Å². The molecule has 0 aliphatic carbocycles. The van der Waals surface area contributed by atoms with E-state index in [1.807, 2.05) is 7.05 Å². The molecule has 0 saturated heterocycles. The quantitative estimate of drug-likeness (QED) is 0.722. The van der Waals surface area contributed by atoms with E-state index in [4.69, 9.17) is 0 Å². The molecular weight excluding hydrogens is 146 g/mol. The Morgan fingerprint density at radius 2 is 2.17 bits per heavy atom. The maximum atomic E-state index is 3.23. The summed E-state index contributed by atoms with van der Waals surface area (Å²) in [6.07, 6.45) is 1.12. The molecule has 1 aromatic rings. The lowest BCUT2D eigenvalue weighted by Gasteiger charge is -2.11. The number of benzene rings is 1. The Morgan fingerprint density at radius 3 is 2.75 bits per heavy atom. The number of rotatable bonds is 3. The van der Waals surface area contributed by atoms with Crippen LogP contribution >= 0.6 is 0 Å². The first-order valence-electron chi connectivity index (χ1n) is 4.54. The van der Waals surface area contributed by atoms with Gasteiger partial charge in [-0.1, -0.05) is 31.2 Å². The molecule has 0 heterocycles. The van der Waals surface area contributed by atoms with Crippen LogP contribution in [0, 0.1) is 0 Å². The van der Waals surface area contributed by atoms with Gasteiger partial charge in [0, 0.05) is 6.04 Å². The van der Waals surface area contributed by atoms with Crippen molar-refractivity contribution in [1.29, 1.82) is 0 Å². The maximum absolute atomic E-state index is 3.23. The Labute approximate surface area is 74.8 Å². The van der Waals surface area contributed by atoms with E-state index in [1.165, 1.54) is 11.1 Å². The third-order valence-corrected chi connectivity index (χ3v) is 2.29. The molecule has 0 amide bonds. The van der Waals surface area contributed by atoms with E-state index in [1.54, 1.807) is 0 Å². The van der Waals surface area contributed by atoms with E-state index in [2.05, 4.69) is 43.4 Å². The second-order valence-corrected chi connectivity index (χ2v) is 3.11. The van der Waals surface area contributed by atoms with Gasteiger partial charge < -0.3 is 5.32 Å². The molecule has 0 fully saturated rings. The Morgan fingerprint density at radius 1 is 1.42 bits per heavy atom. The molecule has 1 nitrogen and oxygen atoms in total. The van der Waals surface area contributed by atoms with Crippen LogP contribution in [0.3, 0.4) is 0 Å². The zero-order valence-electron chi connectivity index (χ0n) is 8.09. The first-order chi connectivity index (χ1) is 5.77. The average molecular weight is 163 g/mol. The molecule has 66 valence electrons. The van der Waals surface area contributed by atoms with Crippen LogP contribution in [0.2, 0.25) is 0 Å². The summed E-state index contributed by atoms with van der Waals surface area (Å²) in [7, 11) is 1.99. The number of hydrogen-bond donors (Lipinski definition) is 1. The lowest BCUT2D eigenvalue weighted by atomic mass is 10.0. The normalized spacial score (nSPS) is 12.9. The van der Waals surface area contributed by atoms with Gasteiger partial charge in [0.2, 0.25) is 0 Å². The molecule has 1 heteroatoms. The van der Waals surface area contributed by atoms with Crippen LogP contribution in [-0.2, 0) is 6.42 Å². The van der Waals surface area contributed by atoms with E-state index in [-0.39, 0.29) is 0 Å². The fourth-order valence-corrected chi connectivity index (χ4v) is 1.25. The first kappa shape index (κ1) is 9.27. The van der Waals surface area contributed by atoms with Crippen molar-refractivity contribution in [2.75, 3.05) is 7.05 Å². The molecule has 1 unspecified atom stereocenters. The monoisotopic (exact) mass is 163 g/mol. The van der Waals surface area contributed by atoms with E-state index in [0.29, 0.717) is 6.04 Å². The molecule has 12 heavy (non-hydrogen) atoms. The van der Waals surface area contributed by atoms with Gasteiger partial charge in [-0.2, -0.15) is 0 Å². The van der Waals surface area contributed by atoms with Crippen molar-refractivity contribution < 1.29 is 0 Å². The van der Waals surface area contributed by atoms with Gasteiger partial charge in [-0.3, -0.25) is 0 Å². The van der Waals surface area contributed by atoms with Gasteiger partial charge in [0.15, 0.2) is 0 Å². The summed E-state index contributed by atoms with van der Waals surface area (Å²) in [4.78, 5) is 0. The van der Waals surface area contributed by atoms with Gasteiger partial charge in [-0.05, 0) is 31.5 Å². The van der Waals surface area contributed by atoms with E-state index in [0.717, 1.165) is 6.42 Å². The van der Waals surface area contributed by atoms with E-state index in [9.17, 15) is 0 Å². The van der Waals surface area contributed by atoms with Crippen molar-refractivity contribution in [3.8, 4) is 0 Å². The minimum absolute atomic E-state index is 0.455. The highest BCUT2D eigenvalue weighted by Gasteiger charge is 2.01. The summed E-state index contributed by atoms with van der Waals surface area (Å²) in [5.74, 6) is 0. The summed E-state index contributed by atoms with van der Waals surface area (Å²) < 4.78 is 0. The topological polar surface area (TPSA) is 12.0 Å². The first-order valence-corrected chi connectivity index (χ1v) is 4.54. The zero-order valence-corrected chi connectivity index (χ0v) is 8.09. The number of aryl methyl sites for hydroxylation is 1. The summed E-state index contributed by atoms with van der Waals surface area (Å²) in [5.41, 5.74) is 2.78. The van der Waals surface area contributed by atoms with Crippen LogP contribution in [0.15, 0.2) is 24.3 Å². The highest BCUT2D eigenvalue weighted by Crippen LogP contribution is 2.13. The Bertz CT molecular complexity index is 243. The molecule has 0 spiro atoms. The predicted molar refractivity (Wildman–Crippen MR) is 53.3 cm³/mol. The van der Waals surface area contributed by atoms with Crippen molar-refractivity contribution >= 4 is 0 Å². The van der Waals surface area contributed by atoms with Gasteiger partial charge in [-0.25, -0.2) is 0 Å². The lowest BCUT2D eigenvalue weighted by Crippen LogP contribution is -2.12. The minimum atomic E-state index is 0.455. The SMILES string of the molecule is CCc1cccc(C(C)NC)c1. The second kappa shape index (κ2) is 4.27. The van der Waals surface area contributed by atoms with Crippen molar-refractivity contribution in [3.63, 3.8) is 0 Å². The molecule has 0 saturated carbocycles. The zero-order chi connectivity index (χ0) is 8.97. The number of hydrogen-bond acceptors (Lipinski definition) is 1. The molecule has 0 aromatic heterocycles. The Balaban J connectivity index is 2.86. The fourth-order valence-electron chi connectivity index (χ4n) is 1.25.